The molecule has 2 heterocycles. The Morgan fingerprint density at radius 1 is 1.09 bits per heavy atom. The van der Waals surface area contributed by atoms with Crippen molar-refractivity contribution in [1.82, 2.24) is 14.7 Å². The summed E-state index contributed by atoms with van der Waals surface area (Å²) in [6.45, 7) is 0.799. The van der Waals surface area contributed by atoms with Gasteiger partial charge in [-0.2, -0.15) is 18.3 Å². The number of aromatic nitrogens is 2. The summed E-state index contributed by atoms with van der Waals surface area (Å²) in [5.41, 5.74) is -0.728. The van der Waals surface area contributed by atoms with Crippen molar-refractivity contribution in [3.63, 3.8) is 0 Å². The second-order valence-electron chi connectivity index (χ2n) is 5.90. The molecule has 0 aliphatic carbocycles. The fourth-order valence-corrected chi connectivity index (χ4v) is 2.76. The first kappa shape index (κ1) is 16.0. The third kappa shape index (κ3) is 3.40. The van der Waals surface area contributed by atoms with E-state index < -0.39 is 11.8 Å². The van der Waals surface area contributed by atoms with Gasteiger partial charge in [-0.3, -0.25) is 9.58 Å². The van der Waals surface area contributed by atoms with E-state index in [9.17, 15) is 18.3 Å². The Morgan fingerprint density at radius 2 is 1.74 bits per heavy atom. The molecule has 124 valence electrons. The number of nitrogens with zero attached hydrogens (tertiary/aromatic N) is 3. The number of halogens is 3. The van der Waals surface area contributed by atoms with Crippen molar-refractivity contribution in [3.05, 3.63) is 42.6 Å². The first-order valence-corrected chi connectivity index (χ1v) is 7.48. The molecule has 1 N–H and O–H groups in total. The maximum absolute atomic E-state index is 12.8. The molecule has 2 aromatic rings. The Morgan fingerprint density at radius 3 is 2.35 bits per heavy atom. The van der Waals surface area contributed by atoms with Crippen molar-refractivity contribution in [2.45, 2.75) is 31.3 Å². The van der Waals surface area contributed by atoms with Gasteiger partial charge in [-0.25, -0.2) is 0 Å². The Balaban J connectivity index is 1.61. The zero-order valence-electron chi connectivity index (χ0n) is 12.5. The van der Waals surface area contributed by atoms with Crippen LogP contribution in [-0.2, 0) is 6.67 Å². The molecule has 0 atom stereocenters. The number of likely N-dealkylation sites (tertiary alicyclic amines) is 1. The summed E-state index contributed by atoms with van der Waals surface area (Å²) < 4.78 is 40.1. The molecule has 1 fully saturated rings. The zero-order chi connectivity index (χ0) is 16.5. The lowest BCUT2D eigenvalue weighted by Gasteiger charge is -2.38. The number of aliphatic hydroxyl groups is 1. The van der Waals surface area contributed by atoms with Crippen LogP contribution >= 0.6 is 0 Å². The van der Waals surface area contributed by atoms with Gasteiger partial charge >= 0.3 is 6.18 Å². The van der Waals surface area contributed by atoms with Crippen LogP contribution < -0.4 is 0 Å². The second kappa shape index (κ2) is 5.98. The number of alkyl halides is 3. The highest BCUT2D eigenvalue weighted by Crippen LogP contribution is 2.38. The van der Waals surface area contributed by atoms with Crippen molar-refractivity contribution in [2.75, 3.05) is 13.1 Å². The molecule has 0 radical (unpaired) electrons. The maximum atomic E-state index is 12.8. The highest BCUT2D eigenvalue weighted by Gasteiger charge is 2.54. The van der Waals surface area contributed by atoms with Crippen LogP contribution in [0.1, 0.15) is 12.8 Å². The number of hydrogen-bond donors (Lipinski definition) is 1. The van der Waals surface area contributed by atoms with Crippen molar-refractivity contribution < 1.29 is 18.3 Å². The largest absolute Gasteiger partial charge is 0.417 e. The van der Waals surface area contributed by atoms with Gasteiger partial charge < -0.3 is 5.11 Å². The molecule has 1 saturated heterocycles. The standard InChI is InChI=1S/C16H18F3N3O/c17-16(18,19)15(23)7-10-21(11-8-15)12-22-9-6-14(20-22)13-4-2-1-3-5-13/h1-6,9,23H,7-8,10-12H2. The van der Waals surface area contributed by atoms with Gasteiger partial charge in [-0.1, -0.05) is 30.3 Å². The molecular weight excluding hydrogens is 307 g/mol. The number of hydrogen-bond acceptors (Lipinski definition) is 3. The number of piperidine rings is 1. The Kier molecular flexibility index (Phi) is 4.16. The molecule has 0 bridgehead atoms. The van der Waals surface area contributed by atoms with E-state index in [0.29, 0.717) is 6.67 Å². The van der Waals surface area contributed by atoms with E-state index in [2.05, 4.69) is 5.10 Å². The van der Waals surface area contributed by atoms with Crippen molar-refractivity contribution in [2.24, 2.45) is 0 Å². The lowest BCUT2D eigenvalue weighted by Crippen LogP contribution is -2.53. The molecule has 1 aliphatic rings. The molecule has 23 heavy (non-hydrogen) atoms. The average molecular weight is 325 g/mol. The summed E-state index contributed by atoms with van der Waals surface area (Å²) in [7, 11) is 0. The van der Waals surface area contributed by atoms with E-state index in [-0.39, 0.29) is 25.9 Å². The van der Waals surface area contributed by atoms with Gasteiger partial charge in [0, 0.05) is 24.8 Å². The molecular formula is C16H18F3N3O. The highest BCUT2D eigenvalue weighted by molar-refractivity contribution is 5.57. The van der Waals surface area contributed by atoms with Gasteiger partial charge in [0.15, 0.2) is 5.60 Å². The minimum absolute atomic E-state index is 0.191. The molecule has 1 aliphatic heterocycles. The Bertz CT molecular complexity index is 646. The average Bonchev–Trinajstić information content (AvgIpc) is 2.98. The number of rotatable bonds is 3. The van der Waals surface area contributed by atoms with Gasteiger partial charge in [0.25, 0.3) is 0 Å². The topological polar surface area (TPSA) is 41.3 Å². The minimum Gasteiger partial charge on any atom is -0.380 e. The third-order valence-electron chi connectivity index (χ3n) is 4.27. The van der Waals surface area contributed by atoms with Crippen LogP contribution in [-0.4, -0.2) is 44.7 Å². The first-order chi connectivity index (χ1) is 10.9. The Labute approximate surface area is 132 Å². The van der Waals surface area contributed by atoms with E-state index in [1.54, 1.807) is 4.68 Å². The molecule has 0 unspecified atom stereocenters. The van der Waals surface area contributed by atoms with E-state index in [1.807, 2.05) is 47.5 Å². The predicted molar refractivity (Wildman–Crippen MR) is 79.5 cm³/mol. The summed E-state index contributed by atoms with van der Waals surface area (Å²) >= 11 is 0. The molecule has 1 aromatic heterocycles. The minimum atomic E-state index is -4.56. The van der Waals surface area contributed by atoms with E-state index in [1.165, 1.54) is 0 Å². The molecule has 0 spiro atoms. The molecule has 4 nitrogen and oxygen atoms in total. The monoisotopic (exact) mass is 325 g/mol. The lowest BCUT2D eigenvalue weighted by molar-refractivity contribution is -0.273. The predicted octanol–water partition coefficient (Wildman–Crippen LogP) is 2.90. The Hall–Kier alpha value is -1.86. The van der Waals surface area contributed by atoms with E-state index in [4.69, 9.17) is 0 Å². The molecule has 1 aromatic carbocycles. The van der Waals surface area contributed by atoms with Crippen molar-refractivity contribution >= 4 is 0 Å². The zero-order valence-corrected chi connectivity index (χ0v) is 12.5. The van der Waals surface area contributed by atoms with Gasteiger partial charge in [0.2, 0.25) is 0 Å². The van der Waals surface area contributed by atoms with Crippen LogP contribution in [0.15, 0.2) is 42.6 Å². The normalized spacial score (nSPS) is 19.0. The lowest BCUT2D eigenvalue weighted by atomic mass is 9.91. The molecule has 7 heteroatoms. The summed E-state index contributed by atoms with van der Waals surface area (Å²) in [4.78, 5) is 1.86. The van der Waals surface area contributed by atoms with Crippen LogP contribution in [0, 0.1) is 0 Å². The highest BCUT2D eigenvalue weighted by atomic mass is 19.4. The van der Waals surface area contributed by atoms with Crippen LogP contribution in [0.3, 0.4) is 0 Å². The first-order valence-electron chi connectivity index (χ1n) is 7.48. The summed E-state index contributed by atoms with van der Waals surface area (Å²) in [5.74, 6) is 0. The van der Waals surface area contributed by atoms with Crippen molar-refractivity contribution in [3.8, 4) is 11.3 Å². The van der Waals surface area contributed by atoms with Gasteiger partial charge in [-0.15, -0.1) is 0 Å². The van der Waals surface area contributed by atoms with Crippen LogP contribution in [0.4, 0.5) is 13.2 Å². The van der Waals surface area contributed by atoms with Crippen LogP contribution in [0.25, 0.3) is 11.3 Å². The van der Waals surface area contributed by atoms with Gasteiger partial charge in [0.1, 0.15) is 0 Å². The number of benzene rings is 1. The quantitative estimate of drug-likeness (QED) is 0.943. The fraction of sp³-hybridized carbons (Fsp3) is 0.438. The smallest absolute Gasteiger partial charge is 0.380 e. The van der Waals surface area contributed by atoms with Gasteiger partial charge in [-0.05, 0) is 18.9 Å². The fourth-order valence-electron chi connectivity index (χ4n) is 2.76. The molecule has 0 amide bonds. The maximum Gasteiger partial charge on any atom is 0.417 e. The summed E-state index contributed by atoms with van der Waals surface area (Å²) in [6.07, 6.45) is -3.36. The molecule has 0 saturated carbocycles. The van der Waals surface area contributed by atoms with Crippen molar-refractivity contribution in [1.29, 1.82) is 0 Å². The van der Waals surface area contributed by atoms with Crippen LogP contribution in [0.2, 0.25) is 0 Å². The summed E-state index contributed by atoms with van der Waals surface area (Å²) in [6, 6.07) is 11.6. The van der Waals surface area contributed by atoms with E-state index >= 15 is 0 Å². The SMILES string of the molecule is OC1(C(F)(F)F)CCN(Cn2ccc(-c3ccccc3)n2)CC1. The van der Waals surface area contributed by atoms with Crippen LogP contribution in [0.5, 0.6) is 0 Å². The third-order valence-corrected chi connectivity index (χ3v) is 4.27. The van der Waals surface area contributed by atoms with E-state index in [0.717, 1.165) is 11.3 Å². The molecule has 3 rings (SSSR count). The second-order valence-corrected chi connectivity index (χ2v) is 5.90. The summed E-state index contributed by atoms with van der Waals surface area (Å²) in [5, 5.41) is 14.1. The van der Waals surface area contributed by atoms with Gasteiger partial charge in [0.05, 0.1) is 12.4 Å².